The number of nitrogens with one attached hydrogen (secondary N) is 1. The summed E-state index contributed by atoms with van der Waals surface area (Å²) in [6.07, 6.45) is 1.56. The normalized spacial score (nSPS) is 11.4. The highest BCUT2D eigenvalue weighted by molar-refractivity contribution is 9.10. The molecule has 0 bridgehead atoms. The van der Waals surface area contributed by atoms with Crippen LogP contribution in [0.15, 0.2) is 22.7 Å². The number of benzene rings is 1. The number of rotatable bonds is 5. The number of halogens is 1. The van der Waals surface area contributed by atoms with Crippen LogP contribution in [0, 0.1) is 6.92 Å². The summed E-state index contributed by atoms with van der Waals surface area (Å²) in [7, 11) is -3.20. The molecule has 1 N–H and O–H groups in total. The van der Waals surface area contributed by atoms with E-state index in [2.05, 4.69) is 20.7 Å². The number of hydrogen-bond acceptors (Lipinski definition) is 2. The zero-order valence-corrected chi connectivity index (χ0v) is 11.9. The van der Waals surface area contributed by atoms with Crippen molar-refractivity contribution in [3.63, 3.8) is 0 Å². The Morgan fingerprint density at radius 1 is 1.38 bits per heavy atom. The van der Waals surface area contributed by atoms with Crippen LogP contribution in [0.1, 0.15) is 25.3 Å². The second kappa shape index (κ2) is 5.68. The van der Waals surface area contributed by atoms with Gasteiger partial charge in [-0.05, 0) is 37.1 Å². The number of sulfonamides is 1. The highest BCUT2D eigenvalue weighted by Crippen LogP contribution is 2.21. The Bertz CT molecular complexity index is 457. The van der Waals surface area contributed by atoms with Crippen molar-refractivity contribution in [2.75, 3.05) is 10.5 Å². The third-order valence-corrected chi connectivity index (χ3v) is 4.07. The van der Waals surface area contributed by atoms with E-state index < -0.39 is 10.0 Å². The third kappa shape index (κ3) is 4.14. The van der Waals surface area contributed by atoms with Crippen molar-refractivity contribution in [2.24, 2.45) is 0 Å². The molecule has 1 aromatic rings. The number of aryl methyl sites for hydroxylation is 1. The number of anilines is 1. The maximum atomic E-state index is 11.7. The van der Waals surface area contributed by atoms with Gasteiger partial charge < -0.3 is 0 Å². The lowest BCUT2D eigenvalue weighted by atomic mass is 10.2. The van der Waals surface area contributed by atoms with Gasteiger partial charge in [-0.15, -0.1) is 0 Å². The van der Waals surface area contributed by atoms with Crippen molar-refractivity contribution in [3.05, 3.63) is 28.2 Å². The van der Waals surface area contributed by atoms with Gasteiger partial charge in [0, 0.05) is 4.47 Å². The molecule has 0 saturated carbocycles. The SMILES string of the molecule is CCCCS(=O)(=O)Nc1ccc(Br)cc1C. The summed E-state index contributed by atoms with van der Waals surface area (Å²) in [5.41, 5.74) is 1.56. The Balaban J connectivity index is 2.80. The predicted octanol–water partition coefficient (Wildman–Crippen LogP) is 3.30. The van der Waals surface area contributed by atoms with E-state index in [-0.39, 0.29) is 5.75 Å². The number of unbranched alkanes of at least 4 members (excludes halogenated alkanes) is 1. The third-order valence-electron chi connectivity index (χ3n) is 2.22. The molecule has 1 aromatic carbocycles. The molecule has 1 rings (SSSR count). The van der Waals surface area contributed by atoms with Gasteiger partial charge in [0.1, 0.15) is 0 Å². The Morgan fingerprint density at radius 2 is 2.06 bits per heavy atom. The molecule has 16 heavy (non-hydrogen) atoms. The largest absolute Gasteiger partial charge is 0.283 e. The first-order chi connectivity index (χ1) is 7.44. The molecule has 0 aliphatic rings. The zero-order valence-electron chi connectivity index (χ0n) is 9.46. The van der Waals surface area contributed by atoms with Crippen LogP contribution in [0.2, 0.25) is 0 Å². The van der Waals surface area contributed by atoms with Crippen LogP contribution in [0.3, 0.4) is 0 Å². The van der Waals surface area contributed by atoms with E-state index in [9.17, 15) is 8.42 Å². The molecule has 90 valence electrons. The minimum absolute atomic E-state index is 0.180. The molecule has 3 nitrogen and oxygen atoms in total. The predicted molar refractivity (Wildman–Crippen MR) is 71.2 cm³/mol. The quantitative estimate of drug-likeness (QED) is 0.907. The summed E-state index contributed by atoms with van der Waals surface area (Å²) in [6.45, 7) is 3.85. The molecule has 0 atom stereocenters. The van der Waals surface area contributed by atoms with Gasteiger partial charge >= 0.3 is 0 Å². The van der Waals surface area contributed by atoms with Crippen LogP contribution in [0.5, 0.6) is 0 Å². The number of hydrogen-bond donors (Lipinski definition) is 1. The highest BCUT2D eigenvalue weighted by Gasteiger charge is 2.10. The van der Waals surface area contributed by atoms with Crippen LogP contribution >= 0.6 is 15.9 Å². The fourth-order valence-electron chi connectivity index (χ4n) is 1.29. The standard InChI is InChI=1S/C11H16BrNO2S/c1-3-4-7-16(14,15)13-11-6-5-10(12)8-9(11)2/h5-6,8,13H,3-4,7H2,1-2H3. The summed E-state index contributed by atoms with van der Waals surface area (Å²) >= 11 is 3.34. The average molecular weight is 306 g/mol. The molecule has 0 aliphatic carbocycles. The lowest BCUT2D eigenvalue weighted by molar-refractivity contribution is 0.598. The van der Waals surface area contributed by atoms with Crippen LogP contribution in [-0.2, 0) is 10.0 Å². The first-order valence-electron chi connectivity index (χ1n) is 5.21. The van der Waals surface area contributed by atoms with Gasteiger partial charge in [-0.1, -0.05) is 29.3 Å². The molecule has 0 fully saturated rings. The summed E-state index contributed by atoms with van der Waals surface area (Å²) < 4.78 is 26.9. The first-order valence-corrected chi connectivity index (χ1v) is 7.66. The van der Waals surface area contributed by atoms with E-state index in [1.807, 2.05) is 26.0 Å². The molecule has 0 amide bonds. The van der Waals surface area contributed by atoms with E-state index in [1.165, 1.54) is 0 Å². The van der Waals surface area contributed by atoms with Crippen LogP contribution < -0.4 is 4.72 Å². The molecular formula is C11H16BrNO2S. The summed E-state index contributed by atoms with van der Waals surface area (Å²) in [6, 6.07) is 5.48. The molecule has 0 spiro atoms. The smallest absolute Gasteiger partial charge is 0.232 e. The monoisotopic (exact) mass is 305 g/mol. The van der Waals surface area contributed by atoms with Gasteiger partial charge in [0.25, 0.3) is 0 Å². The maximum Gasteiger partial charge on any atom is 0.232 e. The highest BCUT2D eigenvalue weighted by atomic mass is 79.9. The summed E-state index contributed by atoms with van der Waals surface area (Å²) in [5, 5.41) is 0. The Morgan fingerprint density at radius 3 is 2.62 bits per heavy atom. The molecule has 0 aromatic heterocycles. The van der Waals surface area contributed by atoms with Crippen molar-refractivity contribution in [1.29, 1.82) is 0 Å². The topological polar surface area (TPSA) is 46.2 Å². The maximum absolute atomic E-state index is 11.7. The minimum atomic E-state index is -3.20. The van der Waals surface area contributed by atoms with Gasteiger partial charge in [-0.25, -0.2) is 8.42 Å². The van der Waals surface area contributed by atoms with Gasteiger partial charge in [0.15, 0.2) is 0 Å². The van der Waals surface area contributed by atoms with E-state index in [0.717, 1.165) is 16.5 Å². The Kier molecular flexibility index (Phi) is 4.80. The molecule has 0 heterocycles. The van der Waals surface area contributed by atoms with E-state index in [0.29, 0.717) is 12.1 Å². The van der Waals surface area contributed by atoms with Crippen molar-refractivity contribution >= 4 is 31.6 Å². The molecule has 0 radical (unpaired) electrons. The zero-order chi connectivity index (χ0) is 12.2. The van der Waals surface area contributed by atoms with Crippen LogP contribution in [0.4, 0.5) is 5.69 Å². The molecular weight excluding hydrogens is 290 g/mol. The van der Waals surface area contributed by atoms with E-state index >= 15 is 0 Å². The second-order valence-electron chi connectivity index (χ2n) is 3.73. The Hall–Kier alpha value is -0.550. The minimum Gasteiger partial charge on any atom is -0.283 e. The summed E-state index contributed by atoms with van der Waals surface area (Å²) in [5.74, 6) is 0.180. The van der Waals surface area contributed by atoms with Crippen molar-refractivity contribution in [1.82, 2.24) is 0 Å². The van der Waals surface area contributed by atoms with Gasteiger partial charge in [0.05, 0.1) is 11.4 Å². The fourth-order valence-corrected chi connectivity index (χ4v) is 3.10. The van der Waals surface area contributed by atoms with Crippen molar-refractivity contribution in [2.45, 2.75) is 26.7 Å². The van der Waals surface area contributed by atoms with Crippen LogP contribution in [0.25, 0.3) is 0 Å². The van der Waals surface area contributed by atoms with Crippen molar-refractivity contribution < 1.29 is 8.42 Å². The molecule has 5 heteroatoms. The van der Waals surface area contributed by atoms with Gasteiger partial charge in [-0.2, -0.15) is 0 Å². The lowest BCUT2D eigenvalue weighted by Gasteiger charge is -2.10. The van der Waals surface area contributed by atoms with E-state index in [1.54, 1.807) is 6.07 Å². The fraction of sp³-hybridized carbons (Fsp3) is 0.455. The summed E-state index contributed by atoms with van der Waals surface area (Å²) in [4.78, 5) is 0. The Labute approximate surface area is 105 Å². The molecule has 0 saturated heterocycles. The van der Waals surface area contributed by atoms with E-state index in [4.69, 9.17) is 0 Å². The van der Waals surface area contributed by atoms with Crippen LogP contribution in [-0.4, -0.2) is 14.2 Å². The lowest BCUT2D eigenvalue weighted by Crippen LogP contribution is -2.17. The average Bonchev–Trinajstić information content (AvgIpc) is 2.19. The second-order valence-corrected chi connectivity index (χ2v) is 6.49. The van der Waals surface area contributed by atoms with Crippen molar-refractivity contribution in [3.8, 4) is 0 Å². The molecule has 0 unspecified atom stereocenters. The van der Waals surface area contributed by atoms with Gasteiger partial charge in [0.2, 0.25) is 10.0 Å². The first kappa shape index (κ1) is 13.5. The molecule has 0 aliphatic heterocycles. The van der Waals surface area contributed by atoms with Gasteiger partial charge in [-0.3, -0.25) is 4.72 Å².